The van der Waals surface area contributed by atoms with Gasteiger partial charge in [0.05, 0.1) is 0 Å². The average Bonchev–Trinajstić information content (AvgIpc) is 1.97. The molecule has 0 rings (SSSR count). The molecule has 0 saturated carbocycles. The van der Waals surface area contributed by atoms with Gasteiger partial charge >= 0.3 is 12.4 Å². The molecule has 0 heterocycles. The van der Waals surface area contributed by atoms with Crippen LogP contribution in [0.2, 0.25) is 0 Å². The molecular formula is C5F8O. The van der Waals surface area contributed by atoms with Gasteiger partial charge < -0.3 is 0 Å². The molecule has 0 amide bonds. The van der Waals surface area contributed by atoms with Crippen LogP contribution in [0.3, 0.4) is 0 Å². The Labute approximate surface area is 71.0 Å². The number of alkyl halides is 6. The van der Waals surface area contributed by atoms with Crippen LogP contribution in [-0.4, -0.2) is 18.1 Å². The lowest BCUT2D eigenvalue weighted by Gasteiger charge is -2.06. The fraction of sp³-hybridized carbons (Fsp3) is 0.400. The number of ketones is 1. The summed E-state index contributed by atoms with van der Waals surface area (Å²) in [5.41, 5.74) is 0. The van der Waals surface area contributed by atoms with Crippen molar-refractivity contribution in [3.05, 3.63) is 11.7 Å². The number of carbonyl (C=O) groups is 1. The van der Waals surface area contributed by atoms with E-state index in [1.54, 1.807) is 0 Å². The molecular weight excluding hydrogens is 228 g/mol. The van der Waals surface area contributed by atoms with Crippen molar-refractivity contribution in [1.29, 1.82) is 0 Å². The van der Waals surface area contributed by atoms with Crippen molar-refractivity contribution in [2.75, 3.05) is 0 Å². The quantitative estimate of drug-likeness (QED) is 0.498. The van der Waals surface area contributed by atoms with Gasteiger partial charge in [-0.15, -0.1) is 0 Å². The predicted octanol–water partition coefficient (Wildman–Crippen LogP) is 2.83. The first-order valence-electron chi connectivity index (χ1n) is 2.72. The van der Waals surface area contributed by atoms with E-state index in [1.165, 1.54) is 0 Å². The van der Waals surface area contributed by atoms with E-state index >= 15 is 0 Å². The molecule has 0 spiro atoms. The molecule has 0 saturated heterocycles. The van der Waals surface area contributed by atoms with Crippen LogP contribution in [0, 0.1) is 0 Å². The van der Waals surface area contributed by atoms with Gasteiger partial charge in [0, 0.05) is 0 Å². The molecule has 0 fully saturated rings. The Morgan fingerprint density at radius 2 is 1.14 bits per heavy atom. The van der Waals surface area contributed by atoms with E-state index in [-0.39, 0.29) is 0 Å². The number of halogens is 8. The van der Waals surface area contributed by atoms with Gasteiger partial charge in [0.2, 0.25) is 11.7 Å². The Kier molecular flexibility index (Phi) is 3.25. The lowest BCUT2D eigenvalue weighted by molar-refractivity contribution is -0.169. The van der Waals surface area contributed by atoms with Crippen LogP contribution in [0.25, 0.3) is 0 Å². The SMILES string of the molecule is O=C(C(F)=C(F)C(F)(F)F)C(F)(F)F. The summed E-state index contributed by atoms with van der Waals surface area (Å²) < 4.78 is 91.3. The summed E-state index contributed by atoms with van der Waals surface area (Å²) >= 11 is 0. The maximum Gasteiger partial charge on any atom is 0.457 e. The third-order valence-electron chi connectivity index (χ3n) is 0.898. The third kappa shape index (κ3) is 2.96. The maximum absolute atomic E-state index is 11.9. The molecule has 0 aromatic carbocycles. The van der Waals surface area contributed by atoms with Crippen LogP contribution in [-0.2, 0) is 4.79 Å². The summed E-state index contributed by atoms with van der Waals surface area (Å²) in [5.74, 6) is -10.7. The number of allylic oxidation sites excluding steroid dienone is 2. The van der Waals surface area contributed by atoms with E-state index in [2.05, 4.69) is 0 Å². The molecule has 0 aliphatic carbocycles. The van der Waals surface area contributed by atoms with E-state index < -0.39 is 29.8 Å². The molecule has 0 aromatic rings. The van der Waals surface area contributed by atoms with E-state index in [1.807, 2.05) is 0 Å². The monoisotopic (exact) mass is 228 g/mol. The first-order valence-corrected chi connectivity index (χ1v) is 2.72. The summed E-state index contributed by atoms with van der Waals surface area (Å²) in [5, 5.41) is 0. The van der Waals surface area contributed by atoms with Crippen molar-refractivity contribution in [3.8, 4) is 0 Å². The van der Waals surface area contributed by atoms with Gasteiger partial charge in [-0.2, -0.15) is 35.1 Å². The van der Waals surface area contributed by atoms with Crippen molar-refractivity contribution < 1.29 is 39.9 Å². The molecule has 0 bridgehead atoms. The van der Waals surface area contributed by atoms with E-state index in [4.69, 9.17) is 0 Å². The summed E-state index contributed by atoms with van der Waals surface area (Å²) in [6, 6.07) is 0. The van der Waals surface area contributed by atoms with Crippen molar-refractivity contribution >= 4 is 5.78 Å². The molecule has 0 aliphatic rings. The topological polar surface area (TPSA) is 17.1 Å². The van der Waals surface area contributed by atoms with Crippen LogP contribution >= 0.6 is 0 Å². The van der Waals surface area contributed by atoms with Crippen LogP contribution in [0.4, 0.5) is 35.1 Å². The molecule has 0 aromatic heterocycles. The number of carbonyl (C=O) groups excluding carboxylic acids is 1. The highest BCUT2D eigenvalue weighted by atomic mass is 19.4. The lowest BCUT2D eigenvalue weighted by atomic mass is 10.3. The van der Waals surface area contributed by atoms with Crippen LogP contribution in [0.15, 0.2) is 11.7 Å². The van der Waals surface area contributed by atoms with Crippen LogP contribution < -0.4 is 0 Å². The van der Waals surface area contributed by atoms with E-state index in [0.29, 0.717) is 0 Å². The standard InChI is InChI=1S/C5F8O/c6-1(2(7)4(8,9)10)3(14)5(11,12)13. The lowest BCUT2D eigenvalue weighted by Crippen LogP contribution is -2.25. The molecule has 0 unspecified atom stereocenters. The molecule has 0 radical (unpaired) electrons. The van der Waals surface area contributed by atoms with Gasteiger partial charge in [-0.25, -0.2) is 0 Å². The van der Waals surface area contributed by atoms with Gasteiger partial charge in [-0.1, -0.05) is 0 Å². The number of rotatable bonds is 1. The normalized spacial score (nSPS) is 15.1. The number of Topliss-reactive ketones (excluding diaryl/α,β-unsaturated/α-hetero) is 1. The Morgan fingerprint density at radius 1 is 0.786 bits per heavy atom. The summed E-state index contributed by atoms with van der Waals surface area (Å²) in [6.45, 7) is 0. The van der Waals surface area contributed by atoms with Crippen molar-refractivity contribution in [2.24, 2.45) is 0 Å². The first-order chi connectivity index (χ1) is 5.98. The summed E-state index contributed by atoms with van der Waals surface area (Å²) in [7, 11) is 0. The average molecular weight is 228 g/mol. The van der Waals surface area contributed by atoms with Gasteiger partial charge in [0.1, 0.15) is 0 Å². The van der Waals surface area contributed by atoms with Gasteiger partial charge in [-0.3, -0.25) is 4.79 Å². The highest BCUT2D eigenvalue weighted by Crippen LogP contribution is 2.32. The fourth-order valence-corrected chi connectivity index (χ4v) is 0.349. The maximum atomic E-state index is 11.9. The zero-order chi connectivity index (χ0) is 11.7. The van der Waals surface area contributed by atoms with E-state index in [0.717, 1.165) is 0 Å². The third-order valence-corrected chi connectivity index (χ3v) is 0.898. The zero-order valence-electron chi connectivity index (χ0n) is 5.93. The number of hydrogen-bond donors (Lipinski definition) is 0. The number of hydrogen-bond acceptors (Lipinski definition) is 1. The second-order valence-electron chi connectivity index (χ2n) is 1.95. The molecule has 0 N–H and O–H groups in total. The highest BCUT2D eigenvalue weighted by Gasteiger charge is 2.48. The largest absolute Gasteiger partial charge is 0.457 e. The van der Waals surface area contributed by atoms with Gasteiger partial charge in [0.25, 0.3) is 5.78 Å². The fourth-order valence-electron chi connectivity index (χ4n) is 0.349. The smallest absolute Gasteiger partial charge is 0.281 e. The molecule has 1 nitrogen and oxygen atoms in total. The predicted molar refractivity (Wildman–Crippen MR) is 26.4 cm³/mol. The van der Waals surface area contributed by atoms with Crippen LogP contribution in [0.5, 0.6) is 0 Å². The Balaban J connectivity index is 5.14. The minimum Gasteiger partial charge on any atom is -0.281 e. The van der Waals surface area contributed by atoms with Gasteiger partial charge in [-0.05, 0) is 0 Å². The van der Waals surface area contributed by atoms with Crippen molar-refractivity contribution in [2.45, 2.75) is 12.4 Å². The second-order valence-corrected chi connectivity index (χ2v) is 1.95. The molecule has 9 heteroatoms. The zero-order valence-corrected chi connectivity index (χ0v) is 5.93. The molecule has 82 valence electrons. The summed E-state index contributed by atoms with van der Waals surface area (Å²) in [6.07, 6.45) is -11.8. The Hall–Kier alpha value is -1.15. The van der Waals surface area contributed by atoms with Crippen LogP contribution in [0.1, 0.15) is 0 Å². The minimum atomic E-state index is -5.95. The van der Waals surface area contributed by atoms with E-state index in [9.17, 15) is 39.9 Å². The minimum absolute atomic E-state index is 3.50. The Bertz CT molecular complexity index is 268. The molecule has 0 atom stereocenters. The second kappa shape index (κ2) is 3.54. The first kappa shape index (κ1) is 12.8. The molecule has 14 heavy (non-hydrogen) atoms. The Morgan fingerprint density at radius 3 is 1.36 bits per heavy atom. The van der Waals surface area contributed by atoms with Crippen molar-refractivity contribution in [1.82, 2.24) is 0 Å². The summed E-state index contributed by atoms with van der Waals surface area (Å²) in [4.78, 5) is 9.75. The van der Waals surface area contributed by atoms with Crippen molar-refractivity contribution in [3.63, 3.8) is 0 Å². The van der Waals surface area contributed by atoms with Gasteiger partial charge in [0.15, 0.2) is 0 Å². The highest BCUT2D eigenvalue weighted by molar-refractivity contribution is 5.98. The molecule has 0 aliphatic heterocycles.